The third-order valence-electron chi connectivity index (χ3n) is 2.55. The molecule has 0 amide bonds. The van der Waals surface area contributed by atoms with E-state index in [0.29, 0.717) is 27.6 Å². The molecule has 0 aliphatic carbocycles. The normalized spacial score (nSPS) is 12.5. The van der Waals surface area contributed by atoms with Gasteiger partial charge in [0.2, 0.25) is 5.89 Å². The van der Waals surface area contributed by atoms with Gasteiger partial charge in [-0.15, -0.1) is 0 Å². The van der Waals surface area contributed by atoms with Gasteiger partial charge < -0.3 is 14.3 Å². The number of benzene rings is 1. The van der Waals surface area contributed by atoms with Gasteiger partial charge in [-0.05, 0) is 39.3 Å². The van der Waals surface area contributed by atoms with Gasteiger partial charge in [0.25, 0.3) is 0 Å². The molecule has 0 aliphatic rings. The van der Waals surface area contributed by atoms with Gasteiger partial charge >= 0.3 is 5.97 Å². The second-order valence-electron chi connectivity index (χ2n) is 5.92. The summed E-state index contributed by atoms with van der Waals surface area (Å²) in [5.74, 6) is 0.0502. The average molecular weight is 362 g/mol. The molecule has 2 rings (SSSR count). The van der Waals surface area contributed by atoms with E-state index < -0.39 is 6.10 Å². The lowest BCUT2D eigenvalue weighted by Gasteiger charge is -2.17. The predicted octanol–water partition coefficient (Wildman–Crippen LogP) is 4.93. The summed E-state index contributed by atoms with van der Waals surface area (Å²) in [4.78, 5) is 14.4. The van der Waals surface area contributed by atoms with Gasteiger partial charge in [0.1, 0.15) is 17.2 Å². The van der Waals surface area contributed by atoms with Crippen molar-refractivity contribution in [2.75, 3.05) is 0 Å². The summed E-state index contributed by atoms with van der Waals surface area (Å²) in [5.41, 5.74) is 0.699. The van der Waals surface area contributed by atoms with Gasteiger partial charge in [-0.2, -0.15) is 0 Å². The Balaban J connectivity index is 0.000000284. The summed E-state index contributed by atoms with van der Waals surface area (Å²) < 4.78 is 10.2. The van der Waals surface area contributed by atoms with E-state index in [0.717, 1.165) is 0 Å². The van der Waals surface area contributed by atoms with Gasteiger partial charge in [-0.3, -0.25) is 4.79 Å². The van der Waals surface area contributed by atoms with Crippen molar-refractivity contribution in [3.8, 4) is 0 Å². The quantitative estimate of drug-likeness (QED) is 0.767. The minimum atomic E-state index is -0.702. The largest absolute Gasteiger partial charge is 0.460 e. The number of aliphatic hydroxyl groups is 1. The highest BCUT2D eigenvalue weighted by Crippen LogP contribution is 2.30. The molecule has 0 radical (unpaired) electrons. The molecule has 0 aliphatic heterocycles. The number of oxazole rings is 1. The smallest absolute Gasteiger partial charge is 0.303 e. The molecule has 0 fully saturated rings. The molecule has 1 unspecified atom stereocenters. The summed E-state index contributed by atoms with van der Waals surface area (Å²) in [6, 6.07) is 3.23. The number of esters is 1. The molecule has 0 bridgehead atoms. The molecular weight excluding hydrogens is 341 g/mol. The zero-order valence-corrected chi connectivity index (χ0v) is 15.3. The SMILES string of the molecule is CC(=O)OC(C)(C)C.CCC(O)c1nc2cc(Cl)cc(Cl)c2o1. The van der Waals surface area contributed by atoms with Crippen molar-refractivity contribution in [2.24, 2.45) is 0 Å². The van der Waals surface area contributed by atoms with Crippen LogP contribution in [0, 0.1) is 0 Å². The third-order valence-corrected chi connectivity index (χ3v) is 3.05. The zero-order chi connectivity index (χ0) is 17.8. The van der Waals surface area contributed by atoms with Crippen LogP contribution in [-0.4, -0.2) is 21.7 Å². The molecule has 0 spiro atoms. The highest BCUT2D eigenvalue weighted by molar-refractivity contribution is 6.37. The van der Waals surface area contributed by atoms with Crippen molar-refractivity contribution >= 4 is 40.3 Å². The van der Waals surface area contributed by atoms with Crippen LogP contribution in [0.2, 0.25) is 10.0 Å². The van der Waals surface area contributed by atoms with Gasteiger partial charge in [0.05, 0.1) is 5.02 Å². The first-order valence-electron chi connectivity index (χ1n) is 7.16. The lowest BCUT2D eigenvalue weighted by Crippen LogP contribution is -2.21. The summed E-state index contributed by atoms with van der Waals surface area (Å²) >= 11 is 11.7. The highest BCUT2D eigenvalue weighted by Gasteiger charge is 2.15. The first-order chi connectivity index (χ1) is 10.5. The van der Waals surface area contributed by atoms with Gasteiger partial charge in [-0.25, -0.2) is 4.98 Å². The summed E-state index contributed by atoms with van der Waals surface area (Å²) in [6.07, 6.45) is -0.162. The first-order valence-corrected chi connectivity index (χ1v) is 7.92. The number of hydrogen-bond donors (Lipinski definition) is 1. The molecule has 0 saturated carbocycles. The van der Waals surface area contributed by atoms with E-state index in [-0.39, 0.29) is 17.5 Å². The average Bonchev–Trinajstić information content (AvgIpc) is 2.79. The van der Waals surface area contributed by atoms with Crippen molar-refractivity contribution in [2.45, 2.75) is 52.7 Å². The number of ether oxygens (including phenoxy) is 1. The van der Waals surface area contributed by atoms with Crippen molar-refractivity contribution < 1.29 is 19.1 Å². The number of rotatable bonds is 2. The number of aromatic nitrogens is 1. The molecule has 1 heterocycles. The van der Waals surface area contributed by atoms with Crippen molar-refractivity contribution in [3.05, 3.63) is 28.1 Å². The van der Waals surface area contributed by atoms with Crippen LogP contribution in [-0.2, 0) is 9.53 Å². The number of carbonyl (C=O) groups is 1. The molecule has 23 heavy (non-hydrogen) atoms. The van der Waals surface area contributed by atoms with Crippen LogP contribution in [0.1, 0.15) is 53.0 Å². The molecule has 128 valence electrons. The molecule has 1 atom stereocenters. The fraction of sp³-hybridized carbons (Fsp3) is 0.500. The number of carbonyl (C=O) groups excluding carboxylic acids is 1. The van der Waals surface area contributed by atoms with Gasteiger partial charge in [0.15, 0.2) is 5.58 Å². The Morgan fingerprint density at radius 2 is 2.00 bits per heavy atom. The predicted molar refractivity (Wildman–Crippen MR) is 90.8 cm³/mol. The van der Waals surface area contributed by atoms with Crippen molar-refractivity contribution in [1.82, 2.24) is 4.98 Å². The van der Waals surface area contributed by atoms with Crippen molar-refractivity contribution in [1.29, 1.82) is 0 Å². The minimum absolute atomic E-state index is 0.225. The van der Waals surface area contributed by atoms with Crippen LogP contribution >= 0.6 is 23.2 Å². The van der Waals surface area contributed by atoms with E-state index in [1.165, 1.54) is 6.92 Å². The molecule has 2 aromatic rings. The Bertz CT molecular complexity index is 677. The second-order valence-corrected chi connectivity index (χ2v) is 6.76. The van der Waals surface area contributed by atoms with Gasteiger partial charge in [-0.1, -0.05) is 30.1 Å². The minimum Gasteiger partial charge on any atom is -0.460 e. The van der Waals surface area contributed by atoms with Crippen LogP contribution in [0.5, 0.6) is 0 Å². The molecule has 1 aromatic heterocycles. The molecule has 0 saturated heterocycles. The van der Waals surface area contributed by atoms with E-state index >= 15 is 0 Å². The maximum absolute atomic E-state index is 10.2. The van der Waals surface area contributed by atoms with Crippen molar-refractivity contribution in [3.63, 3.8) is 0 Å². The maximum Gasteiger partial charge on any atom is 0.303 e. The maximum atomic E-state index is 10.2. The van der Waals surface area contributed by atoms with Crippen LogP contribution in [0.4, 0.5) is 0 Å². The van der Waals surface area contributed by atoms with E-state index in [1.807, 2.05) is 27.7 Å². The number of nitrogens with zero attached hydrogens (tertiary/aromatic N) is 1. The molecular formula is C16H21Cl2NO4. The first kappa shape index (κ1) is 19.7. The Hall–Kier alpha value is -1.30. The standard InChI is InChI=1S/C10H9Cl2NO2.C6H12O2/c1-2-8(14)10-13-7-4-5(11)3-6(12)9(7)15-10;1-5(7)8-6(2,3)4/h3-4,8,14H,2H2,1H3;1-4H3. The number of fused-ring (bicyclic) bond motifs is 1. The van der Waals surface area contributed by atoms with Crippen LogP contribution in [0.15, 0.2) is 16.5 Å². The number of hydrogen-bond acceptors (Lipinski definition) is 5. The Morgan fingerprint density at radius 1 is 1.39 bits per heavy atom. The number of aliphatic hydroxyl groups excluding tert-OH is 1. The lowest BCUT2D eigenvalue weighted by molar-refractivity contribution is -0.151. The molecule has 1 aromatic carbocycles. The molecule has 7 heteroatoms. The third kappa shape index (κ3) is 6.37. The Kier molecular flexibility index (Phi) is 6.86. The fourth-order valence-electron chi connectivity index (χ4n) is 1.73. The topological polar surface area (TPSA) is 72.6 Å². The van der Waals surface area contributed by atoms with E-state index in [9.17, 15) is 9.90 Å². The van der Waals surface area contributed by atoms with E-state index in [4.69, 9.17) is 32.4 Å². The highest BCUT2D eigenvalue weighted by atomic mass is 35.5. The monoisotopic (exact) mass is 361 g/mol. The summed E-state index contributed by atoms with van der Waals surface area (Å²) in [5, 5.41) is 10.5. The van der Waals surface area contributed by atoms with Crippen LogP contribution < -0.4 is 0 Å². The van der Waals surface area contributed by atoms with E-state index in [2.05, 4.69) is 4.98 Å². The van der Waals surface area contributed by atoms with Gasteiger partial charge in [0, 0.05) is 11.9 Å². The van der Waals surface area contributed by atoms with Crippen LogP contribution in [0.25, 0.3) is 11.1 Å². The molecule has 1 N–H and O–H groups in total. The zero-order valence-electron chi connectivity index (χ0n) is 13.8. The second kappa shape index (κ2) is 7.99. The van der Waals surface area contributed by atoms with Crippen LogP contribution in [0.3, 0.4) is 0 Å². The fourth-order valence-corrected chi connectivity index (χ4v) is 2.25. The summed E-state index contributed by atoms with van der Waals surface area (Å²) in [6.45, 7) is 8.77. The Labute approximate surface area is 145 Å². The Morgan fingerprint density at radius 3 is 2.43 bits per heavy atom. The summed E-state index contributed by atoms with van der Waals surface area (Å²) in [7, 11) is 0. The van der Waals surface area contributed by atoms with E-state index in [1.54, 1.807) is 12.1 Å². The molecule has 5 nitrogen and oxygen atoms in total. The lowest BCUT2D eigenvalue weighted by atomic mass is 10.2. The number of halogens is 2.